The third kappa shape index (κ3) is 1.94. The van der Waals surface area contributed by atoms with Gasteiger partial charge in [-0.3, -0.25) is 0 Å². The number of anilines is 1. The van der Waals surface area contributed by atoms with E-state index in [1.54, 1.807) is 0 Å². The first kappa shape index (κ1) is 10.4. The van der Waals surface area contributed by atoms with E-state index in [2.05, 4.69) is 9.36 Å². The number of esters is 1. The molecule has 1 unspecified atom stereocenters. The second-order valence-electron chi connectivity index (χ2n) is 3.50. The summed E-state index contributed by atoms with van der Waals surface area (Å²) in [5, 5.41) is 0.820. The summed E-state index contributed by atoms with van der Waals surface area (Å²) in [6.07, 6.45) is 1.84. The average Bonchev–Trinajstić information content (AvgIpc) is 2.84. The lowest BCUT2D eigenvalue weighted by molar-refractivity contribution is -0.141. The number of carbonyl (C=O) groups excluding carboxylic acids is 1. The van der Waals surface area contributed by atoms with Gasteiger partial charge in [0.15, 0.2) is 0 Å². The molecule has 6 heteroatoms. The Balaban J connectivity index is 2.18. The fraction of sp³-hybridized carbons (Fsp3) is 0.667. The molecule has 1 fully saturated rings. The maximum Gasteiger partial charge on any atom is 0.328 e. The van der Waals surface area contributed by atoms with Crippen molar-refractivity contribution < 1.29 is 9.53 Å². The second-order valence-corrected chi connectivity index (χ2v) is 4.23. The SMILES string of the molecule is COC(=O)C1CCCN1c1nc(C)ns1. The van der Waals surface area contributed by atoms with Gasteiger partial charge in [-0.2, -0.15) is 4.37 Å². The van der Waals surface area contributed by atoms with Crippen molar-refractivity contribution in [1.29, 1.82) is 0 Å². The molecule has 2 heterocycles. The van der Waals surface area contributed by atoms with Crippen molar-refractivity contribution in [2.24, 2.45) is 0 Å². The van der Waals surface area contributed by atoms with Gasteiger partial charge in [0, 0.05) is 18.1 Å². The summed E-state index contributed by atoms with van der Waals surface area (Å²) in [5.41, 5.74) is 0. The molecule has 1 aromatic heterocycles. The van der Waals surface area contributed by atoms with E-state index >= 15 is 0 Å². The lowest BCUT2D eigenvalue weighted by atomic mass is 10.2. The normalized spacial score (nSPS) is 20.7. The quantitative estimate of drug-likeness (QED) is 0.705. The van der Waals surface area contributed by atoms with Crippen LogP contribution in [-0.2, 0) is 9.53 Å². The Morgan fingerprint density at radius 3 is 3.07 bits per heavy atom. The molecule has 1 atom stereocenters. The van der Waals surface area contributed by atoms with Crippen LogP contribution in [0.1, 0.15) is 18.7 Å². The van der Waals surface area contributed by atoms with Gasteiger partial charge >= 0.3 is 5.97 Å². The monoisotopic (exact) mass is 227 g/mol. The van der Waals surface area contributed by atoms with Gasteiger partial charge in [-0.05, 0) is 19.8 Å². The zero-order valence-electron chi connectivity index (χ0n) is 8.77. The van der Waals surface area contributed by atoms with Crippen molar-refractivity contribution in [1.82, 2.24) is 9.36 Å². The lowest BCUT2D eigenvalue weighted by Gasteiger charge is -2.20. The topological polar surface area (TPSA) is 55.3 Å². The summed E-state index contributed by atoms with van der Waals surface area (Å²) < 4.78 is 8.89. The molecule has 0 spiro atoms. The first-order valence-corrected chi connectivity index (χ1v) is 5.64. The minimum Gasteiger partial charge on any atom is -0.467 e. The highest BCUT2D eigenvalue weighted by Crippen LogP contribution is 2.27. The molecule has 2 rings (SSSR count). The number of aryl methyl sites for hydroxylation is 1. The minimum atomic E-state index is -0.180. The smallest absolute Gasteiger partial charge is 0.328 e. The zero-order chi connectivity index (χ0) is 10.8. The van der Waals surface area contributed by atoms with Gasteiger partial charge in [0.25, 0.3) is 0 Å². The van der Waals surface area contributed by atoms with E-state index in [0.29, 0.717) is 0 Å². The van der Waals surface area contributed by atoms with Crippen molar-refractivity contribution in [3.63, 3.8) is 0 Å². The van der Waals surface area contributed by atoms with Gasteiger partial charge in [-0.25, -0.2) is 9.78 Å². The Hall–Kier alpha value is -1.17. The number of nitrogens with zero attached hydrogens (tertiary/aromatic N) is 3. The molecule has 15 heavy (non-hydrogen) atoms. The van der Waals surface area contributed by atoms with Crippen LogP contribution in [0.15, 0.2) is 0 Å². The summed E-state index contributed by atoms with van der Waals surface area (Å²) in [6.45, 7) is 2.71. The van der Waals surface area contributed by atoms with Crippen LogP contribution >= 0.6 is 11.5 Å². The van der Waals surface area contributed by atoms with Crippen LogP contribution in [0, 0.1) is 6.92 Å². The van der Waals surface area contributed by atoms with E-state index in [-0.39, 0.29) is 12.0 Å². The maximum atomic E-state index is 11.5. The van der Waals surface area contributed by atoms with Gasteiger partial charge in [0.2, 0.25) is 5.13 Å². The van der Waals surface area contributed by atoms with Gasteiger partial charge < -0.3 is 9.64 Å². The number of hydrogen-bond acceptors (Lipinski definition) is 6. The first-order chi connectivity index (χ1) is 7.22. The first-order valence-electron chi connectivity index (χ1n) is 4.87. The van der Waals surface area contributed by atoms with Crippen LogP contribution in [0.2, 0.25) is 0 Å². The molecule has 82 valence electrons. The number of ether oxygens (including phenoxy) is 1. The van der Waals surface area contributed by atoms with Gasteiger partial charge in [-0.1, -0.05) is 0 Å². The summed E-state index contributed by atoms with van der Waals surface area (Å²) in [4.78, 5) is 17.8. The highest BCUT2D eigenvalue weighted by molar-refractivity contribution is 7.09. The van der Waals surface area contributed by atoms with Gasteiger partial charge in [-0.15, -0.1) is 0 Å². The molecule has 0 bridgehead atoms. The molecule has 0 saturated carbocycles. The Bertz CT molecular complexity index is 366. The molecular weight excluding hydrogens is 214 g/mol. The minimum absolute atomic E-state index is 0.178. The van der Waals surface area contributed by atoms with E-state index in [1.807, 2.05) is 11.8 Å². The molecule has 0 amide bonds. The van der Waals surface area contributed by atoms with Crippen LogP contribution in [0.25, 0.3) is 0 Å². The predicted molar refractivity (Wildman–Crippen MR) is 57.0 cm³/mol. The molecule has 0 N–H and O–H groups in total. The van der Waals surface area contributed by atoms with Crippen molar-refractivity contribution in [3.8, 4) is 0 Å². The second kappa shape index (κ2) is 4.14. The Labute approximate surface area is 92.2 Å². The number of methoxy groups -OCH3 is 1. The highest BCUT2D eigenvalue weighted by Gasteiger charge is 2.33. The Morgan fingerprint density at radius 1 is 1.67 bits per heavy atom. The molecule has 5 nitrogen and oxygen atoms in total. The summed E-state index contributed by atoms with van der Waals surface area (Å²) in [5.74, 6) is 0.575. The highest BCUT2D eigenvalue weighted by atomic mass is 32.1. The molecular formula is C9H13N3O2S. The molecule has 0 radical (unpaired) electrons. The van der Waals surface area contributed by atoms with Gasteiger partial charge in [0.05, 0.1) is 7.11 Å². The maximum absolute atomic E-state index is 11.5. The lowest BCUT2D eigenvalue weighted by Crippen LogP contribution is -2.36. The Kier molecular flexibility index (Phi) is 2.86. The van der Waals surface area contributed by atoms with Crippen molar-refractivity contribution in [3.05, 3.63) is 5.82 Å². The number of carbonyl (C=O) groups is 1. The summed E-state index contributed by atoms with van der Waals surface area (Å²) in [6, 6.07) is -0.178. The largest absolute Gasteiger partial charge is 0.467 e. The van der Waals surface area contributed by atoms with E-state index in [9.17, 15) is 4.79 Å². The van der Waals surface area contributed by atoms with Gasteiger partial charge in [0.1, 0.15) is 11.9 Å². The number of aromatic nitrogens is 2. The Morgan fingerprint density at radius 2 is 2.47 bits per heavy atom. The number of rotatable bonds is 2. The van der Waals surface area contributed by atoms with Crippen LogP contribution in [0.5, 0.6) is 0 Å². The molecule has 1 aliphatic heterocycles. The summed E-state index contributed by atoms with van der Waals surface area (Å²) in [7, 11) is 1.42. The van der Waals surface area contributed by atoms with E-state index in [1.165, 1.54) is 18.6 Å². The van der Waals surface area contributed by atoms with E-state index < -0.39 is 0 Å². The molecule has 1 saturated heterocycles. The third-order valence-electron chi connectivity index (χ3n) is 2.49. The molecule has 1 aromatic rings. The summed E-state index contributed by atoms with van der Waals surface area (Å²) >= 11 is 1.34. The fourth-order valence-electron chi connectivity index (χ4n) is 1.78. The third-order valence-corrected chi connectivity index (χ3v) is 3.33. The average molecular weight is 227 g/mol. The predicted octanol–water partition coefficient (Wildman–Crippen LogP) is 0.988. The zero-order valence-corrected chi connectivity index (χ0v) is 9.58. The fourth-order valence-corrected chi connectivity index (χ4v) is 2.53. The van der Waals surface area contributed by atoms with Crippen LogP contribution in [-0.4, -0.2) is 35.0 Å². The van der Waals surface area contributed by atoms with Crippen LogP contribution in [0.4, 0.5) is 5.13 Å². The molecule has 0 aliphatic carbocycles. The van der Waals surface area contributed by atoms with Crippen LogP contribution < -0.4 is 4.90 Å². The van der Waals surface area contributed by atoms with E-state index in [0.717, 1.165) is 30.3 Å². The van der Waals surface area contributed by atoms with Crippen molar-refractivity contribution in [2.75, 3.05) is 18.6 Å². The van der Waals surface area contributed by atoms with E-state index in [4.69, 9.17) is 4.74 Å². The van der Waals surface area contributed by atoms with Crippen LogP contribution in [0.3, 0.4) is 0 Å². The van der Waals surface area contributed by atoms with Crippen molar-refractivity contribution >= 4 is 22.6 Å². The van der Waals surface area contributed by atoms with Crippen molar-refractivity contribution in [2.45, 2.75) is 25.8 Å². The molecule has 0 aromatic carbocycles. The standard InChI is InChI=1S/C9H13N3O2S/c1-6-10-9(15-11-6)12-5-3-4-7(12)8(13)14-2/h7H,3-5H2,1-2H3. The number of hydrogen-bond donors (Lipinski definition) is 0. The molecule has 1 aliphatic rings.